The van der Waals surface area contributed by atoms with E-state index in [9.17, 15) is 9.90 Å². The Morgan fingerprint density at radius 3 is 2.71 bits per heavy atom. The normalized spacial score (nSPS) is 21.7. The van der Waals surface area contributed by atoms with Gasteiger partial charge in [0, 0.05) is 12.6 Å². The van der Waals surface area contributed by atoms with E-state index in [1.807, 2.05) is 30.3 Å². The Kier molecular flexibility index (Phi) is 6.21. The van der Waals surface area contributed by atoms with Gasteiger partial charge in [0.15, 0.2) is 0 Å². The molecule has 4 heteroatoms. The number of aliphatic hydroxyl groups excluding tert-OH is 1. The van der Waals surface area contributed by atoms with Gasteiger partial charge < -0.3 is 10.2 Å². The smallest absolute Gasteiger partial charge is 0.304 e. The summed E-state index contributed by atoms with van der Waals surface area (Å²) in [6.45, 7) is 1.53. The van der Waals surface area contributed by atoms with Crippen LogP contribution in [-0.2, 0) is 4.79 Å². The summed E-state index contributed by atoms with van der Waals surface area (Å²) in [5.74, 6) is -0.749. The molecule has 0 bridgehead atoms. The summed E-state index contributed by atoms with van der Waals surface area (Å²) in [7, 11) is 0. The number of benzene rings is 1. The zero-order chi connectivity index (χ0) is 15.1. The number of hydrogen-bond acceptors (Lipinski definition) is 3. The third kappa shape index (κ3) is 5.14. The molecule has 0 aromatic heterocycles. The van der Waals surface area contributed by atoms with Gasteiger partial charge in [-0.05, 0) is 31.4 Å². The van der Waals surface area contributed by atoms with Crippen LogP contribution in [0.3, 0.4) is 0 Å². The molecular weight excluding hydrogens is 266 g/mol. The third-order valence-electron chi connectivity index (χ3n) is 4.29. The molecule has 1 saturated heterocycles. The maximum atomic E-state index is 10.8. The molecular formula is C17H25NO3. The maximum absolute atomic E-state index is 10.8. The molecule has 1 fully saturated rings. The van der Waals surface area contributed by atoms with Gasteiger partial charge in [0.1, 0.15) is 0 Å². The number of carboxylic acids is 1. The van der Waals surface area contributed by atoms with Gasteiger partial charge in [-0.2, -0.15) is 0 Å². The Bertz CT molecular complexity index is 435. The van der Waals surface area contributed by atoms with Gasteiger partial charge in [0.2, 0.25) is 0 Å². The van der Waals surface area contributed by atoms with Crippen LogP contribution in [0.1, 0.15) is 50.2 Å². The Hall–Kier alpha value is -1.39. The molecule has 0 spiro atoms. The number of aliphatic carboxylic acids is 1. The first-order chi connectivity index (χ1) is 10.2. The van der Waals surface area contributed by atoms with Crippen molar-refractivity contribution >= 4 is 5.97 Å². The van der Waals surface area contributed by atoms with Crippen LogP contribution in [0.15, 0.2) is 30.3 Å². The van der Waals surface area contributed by atoms with E-state index in [1.54, 1.807) is 0 Å². The molecule has 4 nitrogen and oxygen atoms in total. The lowest BCUT2D eigenvalue weighted by atomic mass is 9.98. The van der Waals surface area contributed by atoms with Crippen LogP contribution in [-0.4, -0.2) is 40.2 Å². The maximum Gasteiger partial charge on any atom is 0.304 e. The van der Waals surface area contributed by atoms with Gasteiger partial charge in [0.25, 0.3) is 0 Å². The van der Waals surface area contributed by atoms with E-state index >= 15 is 0 Å². The van der Waals surface area contributed by atoms with Crippen molar-refractivity contribution in [2.24, 2.45) is 0 Å². The number of carbonyl (C=O) groups is 1. The fourth-order valence-electron chi connectivity index (χ4n) is 3.11. The minimum atomic E-state index is -0.749. The van der Waals surface area contributed by atoms with Crippen molar-refractivity contribution < 1.29 is 15.0 Å². The van der Waals surface area contributed by atoms with E-state index in [2.05, 4.69) is 4.90 Å². The molecule has 2 rings (SSSR count). The second kappa shape index (κ2) is 8.15. The minimum Gasteiger partial charge on any atom is -0.481 e. The van der Waals surface area contributed by atoms with Crippen LogP contribution < -0.4 is 0 Å². The van der Waals surface area contributed by atoms with E-state index in [1.165, 1.54) is 6.42 Å². The average Bonchev–Trinajstić information content (AvgIpc) is 2.71. The fraction of sp³-hybridized carbons (Fsp3) is 0.588. The largest absolute Gasteiger partial charge is 0.481 e. The predicted molar refractivity (Wildman–Crippen MR) is 82.1 cm³/mol. The lowest BCUT2D eigenvalue weighted by molar-refractivity contribution is -0.137. The van der Waals surface area contributed by atoms with Crippen LogP contribution in [0.5, 0.6) is 0 Å². The topological polar surface area (TPSA) is 60.8 Å². The molecule has 0 amide bonds. The van der Waals surface area contributed by atoms with Crippen molar-refractivity contribution in [3.8, 4) is 0 Å². The molecule has 0 unspecified atom stereocenters. The summed E-state index contributed by atoms with van der Waals surface area (Å²) in [4.78, 5) is 13.1. The van der Waals surface area contributed by atoms with E-state index in [4.69, 9.17) is 5.11 Å². The molecule has 2 atom stereocenters. The summed E-state index contributed by atoms with van der Waals surface area (Å²) < 4.78 is 0. The lowest BCUT2D eigenvalue weighted by Gasteiger charge is -2.31. The Labute approximate surface area is 126 Å². The van der Waals surface area contributed by atoms with Gasteiger partial charge in [0.05, 0.1) is 12.5 Å². The zero-order valence-corrected chi connectivity index (χ0v) is 12.4. The first-order valence-corrected chi connectivity index (χ1v) is 7.85. The first kappa shape index (κ1) is 16.0. The minimum absolute atomic E-state index is 0.179. The Morgan fingerprint density at radius 1 is 1.24 bits per heavy atom. The highest BCUT2D eigenvalue weighted by Gasteiger charge is 2.24. The molecule has 1 aromatic rings. The van der Waals surface area contributed by atoms with Gasteiger partial charge in [-0.3, -0.25) is 9.69 Å². The third-order valence-corrected chi connectivity index (χ3v) is 4.29. The molecule has 0 aliphatic carbocycles. The van der Waals surface area contributed by atoms with Crippen LogP contribution in [0, 0.1) is 0 Å². The fourth-order valence-corrected chi connectivity index (χ4v) is 3.11. The van der Waals surface area contributed by atoms with Crippen molar-refractivity contribution in [1.82, 2.24) is 4.90 Å². The molecule has 116 valence electrons. The number of nitrogens with zero attached hydrogens (tertiary/aromatic N) is 1. The van der Waals surface area contributed by atoms with E-state index < -0.39 is 12.1 Å². The second-order valence-corrected chi connectivity index (χ2v) is 5.85. The predicted octanol–water partition coefficient (Wildman–Crippen LogP) is 2.83. The van der Waals surface area contributed by atoms with Crippen molar-refractivity contribution in [2.75, 3.05) is 13.1 Å². The molecule has 1 heterocycles. The number of hydrogen-bond donors (Lipinski definition) is 2. The highest BCUT2D eigenvalue weighted by Crippen LogP contribution is 2.26. The van der Waals surface area contributed by atoms with E-state index in [0.717, 1.165) is 31.4 Å². The number of likely N-dealkylation sites (tertiary alicyclic amines) is 1. The van der Waals surface area contributed by atoms with Gasteiger partial charge in [-0.15, -0.1) is 0 Å². The monoisotopic (exact) mass is 291 g/mol. The van der Waals surface area contributed by atoms with Crippen molar-refractivity contribution in [2.45, 2.75) is 50.7 Å². The number of carboxylic acid groups (broad SMARTS) is 1. The first-order valence-electron chi connectivity index (χ1n) is 7.85. The summed E-state index contributed by atoms with van der Waals surface area (Å²) >= 11 is 0. The zero-order valence-electron chi connectivity index (χ0n) is 12.4. The average molecular weight is 291 g/mol. The highest BCUT2D eigenvalue weighted by atomic mass is 16.4. The molecule has 0 radical (unpaired) electrons. The number of aliphatic hydroxyl groups is 1. The molecule has 1 aliphatic rings. The Morgan fingerprint density at radius 2 is 2.00 bits per heavy atom. The van der Waals surface area contributed by atoms with Crippen LogP contribution in [0.2, 0.25) is 0 Å². The van der Waals surface area contributed by atoms with E-state index in [-0.39, 0.29) is 12.5 Å². The second-order valence-electron chi connectivity index (χ2n) is 5.85. The van der Waals surface area contributed by atoms with Crippen LogP contribution >= 0.6 is 0 Å². The summed E-state index contributed by atoms with van der Waals surface area (Å²) in [5, 5.41) is 19.3. The Balaban J connectivity index is 1.97. The highest BCUT2D eigenvalue weighted by molar-refractivity contribution is 5.66. The summed E-state index contributed by atoms with van der Waals surface area (Å²) in [6, 6.07) is 10.00. The van der Waals surface area contributed by atoms with Gasteiger partial charge in [-0.1, -0.05) is 43.2 Å². The van der Waals surface area contributed by atoms with Crippen molar-refractivity contribution in [3.05, 3.63) is 35.9 Å². The standard InChI is InChI=1S/C17H25NO3/c19-16(14-7-3-1-4-8-14)13-15-9-5-2-6-11-18(15)12-10-17(20)21/h1,3-4,7-8,15-16,19H,2,5-6,9-13H2,(H,20,21)/t15-,16+/m0/s1. The van der Waals surface area contributed by atoms with Crippen molar-refractivity contribution in [3.63, 3.8) is 0 Å². The number of rotatable bonds is 6. The molecule has 1 aromatic carbocycles. The summed E-state index contributed by atoms with van der Waals surface area (Å²) in [6.07, 6.45) is 4.92. The molecule has 2 N–H and O–H groups in total. The van der Waals surface area contributed by atoms with Crippen molar-refractivity contribution in [1.29, 1.82) is 0 Å². The van der Waals surface area contributed by atoms with E-state index in [0.29, 0.717) is 13.0 Å². The van der Waals surface area contributed by atoms with Crippen LogP contribution in [0.25, 0.3) is 0 Å². The van der Waals surface area contributed by atoms with Crippen LogP contribution in [0.4, 0.5) is 0 Å². The summed E-state index contributed by atoms with van der Waals surface area (Å²) in [5.41, 5.74) is 0.944. The molecule has 0 saturated carbocycles. The SMILES string of the molecule is O=C(O)CCN1CCCCC[C@H]1C[C@@H](O)c1ccccc1. The molecule has 21 heavy (non-hydrogen) atoms. The van der Waals surface area contributed by atoms with Gasteiger partial charge >= 0.3 is 5.97 Å². The molecule has 1 aliphatic heterocycles. The quantitative estimate of drug-likeness (QED) is 0.846. The van der Waals surface area contributed by atoms with Gasteiger partial charge in [-0.25, -0.2) is 0 Å². The lowest BCUT2D eigenvalue weighted by Crippen LogP contribution is -2.37.